The molecule has 0 fully saturated rings. The largest absolute Gasteiger partial charge is 0.464 e. The van der Waals surface area contributed by atoms with Gasteiger partial charge in [0.1, 0.15) is 6.26 Å². The Labute approximate surface area is 175 Å². The number of ether oxygens (including phenoxy) is 2. The summed E-state index contributed by atoms with van der Waals surface area (Å²) in [6.07, 6.45) is 1.98. The molecule has 2 rings (SSSR count). The molecule has 9 heteroatoms. The first-order chi connectivity index (χ1) is 14.3. The first-order valence-electron chi connectivity index (χ1n) is 9.69. The number of hydrogen-bond acceptors (Lipinski definition) is 7. The lowest BCUT2D eigenvalue weighted by Gasteiger charge is -2.22. The molecule has 0 saturated carbocycles. The van der Waals surface area contributed by atoms with Crippen LogP contribution in [0, 0.1) is 5.92 Å². The van der Waals surface area contributed by atoms with Crippen LogP contribution in [0.5, 0.6) is 0 Å². The van der Waals surface area contributed by atoms with Gasteiger partial charge in [0.25, 0.3) is 0 Å². The number of anilines is 1. The van der Waals surface area contributed by atoms with Crippen LogP contribution in [0.15, 0.2) is 34.9 Å². The number of carbonyl (C=O) groups excluding carboxylic acids is 3. The van der Waals surface area contributed by atoms with Gasteiger partial charge in [-0.1, -0.05) is 13.8 Å². The fourth-order valence-electron chi connectivity index (χ4n) is 2.52. The third-order valence-corrected chi connectivity index (χ3v) is 4.18. The second-order valence-corrected chi connectivity index (χ2v) is 6.95. The normalized spacial score (nSPS) is 10.6. The number of carbonyl (C=O) groups is 3. The fourth-order valence-corrected chi connectivity index (χ4v) is 2.52. The maximum atomic E-state index is 12.8. The summed E-state index contributed by atoms with van der Waals surface area (Å²) in [5.41, 5.74) is 0.984. The van der Waals surface area contributed by atoms with Gasteiger partial charge in [-0.25, -0.2) is 19.4 Å². The summed E-state index contributed by atoms with van der Waals surface area (Å²) in [4.78, 5) is 41.7. The third-order valence-electron chi connectivity index (χ3n) is 4.18. The van der Waals surface area contributed by atoms with E-state index in [9.17, 15) is 14.4 Å². The minimum atomic E-state index is -0.607. The Bertz CT molecular complexity index is 860. The average Bonchev–Trinajstić information content (AvgIpc) is 3.19. The van der Waals surface area contributed by atoms with Gasteiger partial charge in [0.15, 0.2) is 5.69 Å². The molecule has 1 N–H and O–H groups in total. The SMILES string of the molecule is CCOC(=O)c1ccc(NC(=O)N(CCC(C)C)Cc2nc(C(=O)OC)co2)cc1. The van der Waals surface area contributed by atoms with Crippen molar-refractivity contribution in [2.24, 2.45) is 5.92 Å². The summed E-state index contributed by atoms with van der Waals surface area (Å²) >= 11 is 0. The lowest BCUT2D eigenvalue weighted by molar-refractivity contribution is 0.0525. The molecule has 162 valence electrons. The van der Waals surface area contributed by atoms with Crippen LogP contribution in [0.4, 0.5) is 10.5 Å². The monoisotopic (exact) mass is 417 g/mol. The van der Waals surface area contributed by atoms with Crippen molar-refractivity contribution in [2.45, 2.75) is 33.7 Å². The zero-order valence-electron chi connectivity index (χ0n) is 17.6. The second-order valence-electron chi connectivity index (χ2n) is 6.95. The summed E-state index contributed by atoms with van der Waals surface area (Å²) < 4.78 is 14.9. The third kappa shape index (κ3) is 6.61. The number of esters is 2. The number of oxazole rings is 1. The lowest BCUT2D eigenvalue weighted by Crippen LogP contribution is -2.36. The highest BCUT2D eigenvalue weighted by Gasteiger charge is 2.19. The quantitative estimate of drug-likeness (QED) is 0.619. The van der Waals surface area contributed by atoms with Crippen molar-refractivity contribution in [3.8, 4) is 0 Å². The summed E-state index contributed by atoms with van der Waals surface area (Å²) in [5, 5.41) is 2.80. The maximum Gasteiger partial charge on any atom is 0.360 e. The molecule has 0 radical (unpaired) electrons. The molecular weight excluding hydrogens is 390 g/mol. The van der Waals surface area contributed by atoms with Gasteiger partial charge in [-0.05, 0) is 43.5 Å². The fraction of sp³-hybridized carbons (Fsp3) is 0.429. The van der Waals surface area contributed by atoms with E-state index in [2.05, 4.69) is 28.9 Å². The van der Waals surface area contributed by atoms with Gasteiger partial charge in [0.05, 0.1) is 25.8 Å². The van der Waals surface area contributed by atoms with E-state index < -0.39 is 11.9 Å². The molecular formula is C21H27N3O6. The molecule has 0 aliphatic carbocycles. The molecule has 2 aromatic rings. The van der Waals surface area contributed by atoms with E-state index in [1.807, 2.05) is 0 Å². The van der Waals surface area contributed by atoms with Crippen LogP contribution in [0.25, 0.3) is 0 Å². The minimum Gasteiger partial charge on any atom is -0.464 e. The summed E-state index contributed by atoms with van der Waals surface area (Å²) in [7, 11) is 1.26. The lowest BCUT2D eigenvalue weighted by atomic mass is 10.1. The van der Waals surface area contributed by atoms with Gasteiger partial charge in [-0.15, -0.1) is 0 Å². The molecule has 0 aliphatic rings. The van der Waals surface area contributed by atoms with E-state index in [1.54, 1.807) is 36.1 Å². The minimum absolute atomic E-state index is 0.0475. The first-order valence-corrected chi connectivity index (χ1v) is 9.69. The number of amides is 2. The van der Waals surface area contributed by atoms with Crippen molar-refractivity contribution in [2.75, 3.05) is 25.6 Å². The first kappa shape index (κ1) is 22.9. The van der Waals surface area contributed by atoms with Crippen molar-refractivity contribution in [3.05, 3.63) is 47.7 Å². The Morgan fingerprint density at radius 3 is 2.47 bits per heavy atom. The van der Waals surface area contributed by atoms with Crippen LogP contribution in [-0.2, 0) is 16.0 Å². The van der Waals surface area contributed by atoms with E-state index in [-0.39, 0.29) is 24.2 Å². The van der Waals surface area contributed by atoms with Crippen molar-refractivity contribution in [1.82, 2.24) is 9.88 Å². The molecule has 9 nitrogen and oxygen atoms in total. The number of benzene rings is 1. The van der Waals surface area contributed by atoms with Gasteiger partial charge < -0.3 is 24.1 Å². The van der Waals surface area contributed by atoms with Crippen LogP contribution in [0.2, 0.25) is 0 Å². The highest BCUT2D eigenvalue weighted by atomic mass is 16.5. The van der Waals surface area contributed by atoms with E-state index >= 15 is 0 Å². The van der Waals surface area contributed by atoms with Crippen molar-refractivity contribution < 1.29 is 28.3 Å². The number of rotatable bonds is 9. The van der Waals surface area contributed by atoms with Gasteiger partial charge in [0.2, 0.25) is 5.89 Å². The molecule has 2 amide bonds. The smallest absolute Gasteiger partial charge is 0.360 e. The molecule has 0 aliphatic heterocycles. The Morgan fingerprint density at radius 2 is 1.87 bits per heavy atom. The topological polar surface area (TPSA) is 111 Å². The number of hydrogen-bond donors (Lipinski definition) is 1. The molecule has 0 spiro atoms. The van der Waals surface area contributed by atoms with E-state index in [1.165, 1.54) is 13.4 Å². The zero-order valence-corrected chi connectivity index (χ0v) is 17.6. The maximum absolute atomic E-state index is 12.8. The number of urea groups is 1. The van der Waals surface area contributed by atoms with Gasteiger partial charge in [0, 0.05) is 12.2 Å². The van der Waals surface area contributed by atoms with Crippen molar-refractivity contribution in [3.63, 3.8) is 0 Å². The Balaban J connectivity index is 2.08. The van der Waals surface area contributed by atoms with E-state index in [0.717, 1.165) is 6.42 Å². The summed E-state index contributed by atoms with van der Waals surface area (Å²) in [6.45, 7) is 6.72. The number of nitrogens with zero attached hydrogens (tertiary/aromatic N) is 2. The van der Waals surface area contributed by atoms with Crippen LogP contribution in [0.1, 0.15) is 53.9 Å². The standard InChI is InChI=1S/C21H27N3O6/c1-5-29-19(25)15-6-8-16(9-7-15)22-21(27)24(11-10-14(2)3)12-18-23-17(13-30-18)20(26)28-4/h6-9,13-14H,5,10-12H2,1-4H3,(H,22,27). The predicted octanol–water partition coefficient (Wildman–Crippen LogP) is 3.72. The van der Waals surface area contributed by atoms with Gasteiger partial charge >= 0.3 is 18.0 Å². The number of aromatic nitrogens is 1. The molecule has 30 heavy (non-hydrogen) atoms. The van der Waals surface area contributed by atoms with E-state index in [0.29, 0.717) is 30.3 Å². The van der Waals surface area contributed by atoms with Crippen LogP contribution < -0.4 is 5.32 Å². The highest BCUT2D eigenvalue weighted by molar-refractivity contribution is 5.92. The summed E-state index contributed by atoms with van der Waals surface area (Å²) in [6, 6.07) is 6.08. The Kier molecular flexibility index (Phi) is 8.40. The highest BCUT2D eigenvalue weighted by Crippen LogP contribution is 2.14. The Hall–Kier alpha value is -3.36. The van der Waals surface area contributed by atoms with Crippen molar-refractivity contribution in [1.29, 1.82) is 0 Å². The van der Waals surface area contributed by atoms with Gasteiger partial charge in [-0.3, -0.25) is 0 Å². The van der Waals surface area contributed by atoms with Crippen LogP contribution >= 0.6 is 0 Å². The van der Waals surface area contributed by atoms with Gasteiger partial charge in [-0.2, -0.15) is 0 Å². The number of nitrogens with one attached hydrogen (secondary N) is 1. The molecule has 0 atom stereocenters. The Morgan fingerprint density at radius 1 is 1.17 bits per heavy atom. The van der Waals surface area contributed by atoms with Crippen LogP contribution in [0.3, 0.4) is 0 Å². The predicted molar refractivity (Wildman–Crippen MR) is 109 cm³/mol. The molecule has 1 aromatic carbocycles. The second kappa shape index (κ2) is 11.0. The molecule has 1 aromatic heterocycles. The molecule has 0 saturated heterocycles. The van der Waals surface area contributed by atoms with E-state index in [4.69, 9.17) is 9.15 Å². The average molecular weight is 417 g/mol. The van der Waals surface area contributed by atoms with Crippen LogP contribution in [-0.4, -0.2) is 48.1 Å². The molecule has 1 heterocycles. The summed E-state index contributed by atoms with van der Waals surface area (Å²) in [5.74, 6) is -0.407. The number of methoxy groups -OCH3 is 1. The van der Waals surface area contributed by atoms with Crippen molar-refractivity contribution >= 4 is 23.7 Å². The molecule has 0 unspecified atom stereocenters. The zero-order chi connectivity index (χ0) is 22.1. The molecule has 0 bridgehead atoms.